The lowest BCUT2D eigenvalue weighted by Crippen LogP contribution is -1.92. The highest BCUT2D eigenvalue weighted by Gasteiger charge is 2.12. The van der Waals surface area contributed by atoms with Gasteiger partial charge in [-0.15, -0.1) is 0 Å². The maximum absolute atomic E-state index is 5.44. The van der Waals surface area contributed by atoms with Crippen LogP contribution in [-0.2, 0) is 0 Å². The Morgan fingerprint density at radius 1 is 1.24 bits per heavy atom. The van der Waals surface area contributed by atoms with Crippen molar-refractivity contribution in [1.29, 1.82) is 0 Å². The van der Waals surface area contributed by atoms with E-state index in [9.17, 15) is 0 Å². The predicted octanol–water partition coefficient (Wildman–Crippen LogP) is 2.74. The summed E-state index contributed by atoms with van der Waals surface area (Å²) in [6.45, 7) is 4.13. The predicted molar refractivity (Wildman–Crippen MR) is 69.6 cm³/mol. The van der Waals surface area contributed by atoms with E-state index in [1.807, 2.05) is 19.2 Å². The molecule has 1 aromatic carbocycles. The van der Waals surface area contributed by atoms with E-state index < -0.39 is 0 Å². The van der Waals surface area contributed by atoms with E-state index in [1.54, 1.807) is 7.11 Å². The van der Waals surface area contributed by atoms with Crippen LogP contribution in [0.3, 0.4) is 0 Å². The summed E-state index contributed by atoms with van der Waals surface area (Å²) in [6, 6.07) is 6.14. The Morgan fingerprint density at radius 3 is 2.59 bits per heavy atom. The average Bonchev–Trinajstić information content (AvgIpc) is 2.76. The SMILES string of the molecule is CNc1cc(-c2c(C)cc(C)cc2OC)[nH]n1. The first-order valence-electron chi connectivity index (χ1n) is 5.54. The lowest BCUT2D eigenvalue weighted by Gasteiger charge is -2.11. The molecule has 4 heteroatoms. The fraction of sp³-hybridized carbons (Fsp3) is 0.308. The molecule has 0 aliphatic heterocycles. The molecular weight excluding hydrogens is 214 g/mol. The van der Waals surface area contributed by atoms with Gasteiger partial charge in [0.1, 0.15) is 11.6 Å². The maximum atomic E-state index is 5.44. The molecular formula is C13H17N3O. The summed E-state index contributed by atoms with van der Waals surface area (Å²) in [5.74, 6) is 1.69. The first-order valence-corrected chi connectivity index (χ1v) is 5.54. The summed E-state index contributed by atoms with van der Waals surface area (Å²) in [4.78, 5) is 0. The van der Waals surface area contributed by atoms with Crippen LogP contribution < -0.4 is 10.1 Å². The molecule has 1 aromatic heterocycles. The molecule has 2 rings (SSSR count). The normalized spacial score (nSPS) is 10.4. The first kappa shape index (κ1) is 11.5. The molecule has 0 fully saturated rings. The number of aromatic nitrogens is 2. The Kier molecular flexibility index (Phi) is 3.04. The van der Waals surface area contributed by atoms with E-state index in [-0.39, 0.29) is 0 Å². The minimum absolute atomic E-state index is 0.821. The summed E-state index contributed by atoms with van der Waals surface area (Å²) < 4.78 is 5.44. The van der Waals surface area contributed by atoms with Gasteiger partial charge in [0, 0.05) is 18.7 Å². The third-order valence-electron chi connectivity index (χ3n) is 2.77. The molecule has 0 unspecified atom stereocenters. The summed E-state index contributed by atoms with van der Waals surface area (Å²) >= 11 is 0. The van der Waals surface area contributed by atoms with Crippen LogP contribution >= 0.6 is 0 Å². The van der Waals surface area contributed by atoms with Crippen LogP contribution in [0.25, 0.3) is 11.3 Å². The molecule has 0 saturated carbocycles. The van der Waals surface area contributed by atoms with Crippen LogP contribution in [0, 0.1) is 13.8 Å². The summed E-state index contributed by atoms with van der Waals surface area (Å²) in [7, 11) is 3.53. The van der Waals surface area contributed by atoms with Gasteiger partial charge in [-0.25, -0.2) is 0 Å². The van der Waals surface area contributed by atoms with Crippen molar-refractivity contribution in [3.8, 4) is 17.0 Å². The van der Waals surface area contributed by atoms with Crippen molar-refractivity contribution in [3.63, 3.8) is 0 Å². The second-order valence-electron chi connectivity index (χ2n) is 4.08. The zero-order valence-corrected chi connectivity index (χ0v) is 10.6. The average molecular weight is 231 g/mol. The van der Waals surface area contributed by atoms with Gasteiger partial charge in [-0.1, -0.05) is 6.07 Å². The van der Waals surface area contributed by atoms with Crippen molar-refractivity contribution in [2.75, 3.05) is 19.5 Å². The van der Waals surface area contributed by atoms with Crippen LogP contribution in [0.1, 0.15) is 11.1 Å². The topological polar surface area (TPSA) is 49.9 Å². The molecule has 0 aliphatic rings. The number of rotatable bonds is 3. The molecule has 0 saturated heterocycles. The van der Waals surface area contributed by atoms with Crippen molar-refractivity contribution in [1.82, 2.24) is 10.2 Å². The van der Waals surface area contributed by atoms with Gasteiger partial charge in [0.05, 0.1) is 12.8 Å². The molecule has 2 aromatic rings. The van der Waals surface area contributed by atoms with E-state index in [0.29, 0.717) is 0 Å². The van der Waals surface area contributed by atoms with E-state index in [4.69, 9.17) is 4.74 Å². The van der Waals surface area contributed by atoms with Gasteiger partial charge in [-0.05, 0) is 31.0 Å². The highest BCUT2D eigenvalue weighted by atomic mass is 16.5. The molecule has 17 heavy (non-hydrogen) atoms. The largest absolute Gasteiger partial charge is 0.496 e. The van der Waals surface area contributed by atoms with Crippen LogP contribution in [0.4, 0.5) is 5.82 Å². The van der Waals surface area contributed by atoms with E-state index in [1.165, 1.54) is 11.1 Å². The number of anilines is 1. The second kappa shape index (κ2) is 4.49. The van der Waals surface area contributed by atoms with Crippen molar-refractivity contribution in [3.05, 3.63) is 29.3 Å². The number of ether oxygens (including phenoxy) is 1. The molecule has 1 heterocycles. The third kappa shape index (κ3) is 2.11. The van der Waals surface area contributed by atoms with E-state index in [0.717, 1.165) is 22.8 Å². The third-order valence-corrected chi connectivity index (χ3v) is 2.77. The van der Waals surface area contributed by atoms with Crippen LogP contribution in [-0.4, -0.2) is 24.4 Å². The highest BCUT2D eigenvalue weighted by Crippen LogP contribution is 2.33. The number of hydrogen-bond donors (Lipinski definition) is 2. The molecule has 2 N–H and O–H groups in total. The van der Waals surface area contributed by atoms with Gasteiger partial charge >= 0.3 is 0 Å². The van der Waals surface area contributed by atoms with E-state index >= 15 is 0 Å². The summed E-state index contributed by atoms with van der Waals surface area (Å²) in [6.07, 6.45) is 0. The fourth-order valence-corrected chi connectivity index (χ4v) is 2.01. The number of H-pyrrole nitrogens is 1. The van der Waals surface area contributed by atoms with Gasteiger partial charge in [0.2, 0.25) is 0 Å². The molecule has 0 spiro atoms. The van der Waals surface area contributed by atoms with Crippen molar-refractivity contribution in [2.45, 2.75) is 13.8 Å². The molecule has 0 radical (unpaired) electrons. The van der Waals surface area contributed by atoms with Crippen molar-refractivity contribution >= 4 is 5.82 Å². The quantitative estimate of drug-likeness (QED) is 0.854. The number of hydrogen-bond acceptors (Lipinski definition) is 3. The molecule has 90 valence electrons. The number of benzene rings is 1. The summed E-state index contributed by atoms with van der Waals surface area (Å²) in [5, 5.41) is 10.2. The first-order chi connectivity index (χ1) is 8.15. The van der Waals surface area contributed by atoms with Gasteiger partial charge in [-0.3, -0.25) is 5.10 Å². The molecule has 0 bridgehead atoms. The number of nitrogens with one attached hydrogen (secondary N) is 2. The van der Waals surface area contributed by atoms with E-state index in [2.05, 4.69) is 35.4 Å². The Bertz CT molecular complexity index is 531. The van der Waals surface area contributed by atoms with Crippen molar-refractivity contribution in [2.24, 2.45) is 0 Å². The van der Waals surface area contributed by atoms with Crippen molar-refractivity contribution < 1.29 is 4.74 Å². The smallest absolute Gasteiger partial charge is 0.148 e. The lowest BCUT2D eigenvalue weighted by molar-refractivity contribution is 0.415. The second-order valence-corrected chi connectivity index (χ2v) is 4.08. The highest BCUT2D eigenvalue weighted by molar-refractivity contribution is 5.73. The molecule has 0 amide bonds. The molecule has 4 nitrogen and oxygen atoms in total. The molecule has 0 atom stereocenters. The van der Waals surface area contributed by atoms with Crippen LogP contribution in [0.15, 0.2) is 18.2 Å². The Labute approximate surface area is 101 Å². The minimum atomic E-state index is 0.821. The van der Waals surface area contributed by atoms with Gasteiger partial charge < -0.3 is 10.1 Å². The fourth-order valence-electron chi connectivity index (χ4n) is 2.01. The Hall–Kier alpha value is -1.97. The Balaban J connectivity index is 2.57. The Morgan fingerprint density at radius 2 is 2.00 bits per heavy atom. The number of nitrogens with zero attached hydrogens (tertiary/aromatic N) is 1. The number of methoxy groups -OCH3 is 1. The monoisotopic (exact) mass is 231 g/mol. The zero-order chi connectivity index (χ0) is 12.4. The van der Waals surface area contributed by atoms with Crippen LogP contribution in [0.2, 0.25) is 0 Å². The zero-order valence-electron chi connectivity index (χ0n) is 10.6. The van der Waals surface area contributed by atoms with Gasteiger partial charge in [-0.2, -0.15) is 5.10 Å². The number of aromatic amines is 1. The standard InChI is InChI=1S/C13H17N3O/c1-8-5-9(2)13(11(6-8)17-4)10-7-12(14-3)16-15-10/h5-7H,1-4H3,(H2,14,15,16). The summed E-state index contributed by atoms with van der Waals surface area (Å²) in [5.41, 5.74) is 4.39. The maximum Gasteiger partial charge on any atom is 0.148 e. The van der Waals surface area contributed by atoms with Gasteiger partial charge in [0.15, 0.2) is 0 Å². The number of aryl methyl sites for hydroxylation is 2. The minimum Gasteiger partial charge on any atom is -0.496 e. The van der Waals surface area contributed by atoms with Crippen LogP contribution in [0.5, 0.6) is 5.75 Å². The molecule has 0 aliphatic carbocycles. The van der Waals surface area contributed by atoms with Gasteiger partial charge in [0.25, 0.3) is 0 Å². The lowest BCUT2D eigenvalue weighted by atomic mass is 10.0.